The van der Waals surface area contributed by atoms with Gasteiger partial charge in [0.25, 0.3) is 0 Å². The summed E-state index contributed by atoms with van der Waals surface area (Å²) in [5.41, 5.74) is 3.74. The molecule has 3 rings (SSSR count). The van der Waals surface area contributed by atoms with Gasteiger partial charge >= 0.3 is 0 Å². The number of piperidine rings is 1. The van der Waals surface area contributed by atoms with E-state index in [0.29, 0.717) is 5.92 Å². The van der Waals surface area contributed by atoms with Gasteiger partial charge in [-0.15, -0.1) is 0 Å². The molecule has 2 aromatic rings. The summed E-state index contributed by atoms with van der Waals surface area (Å²) in [4.78, 5) is 18.1. The Morgan fingerprint density at radius 1 is 1.22 bits per heavy atom. The van der Waals surface area contributed by atoms with Gasteiger partial charge in [-0.1, -0.05) is 30.3 Å². The van der Waals surface area contributed by atoms with E-state index in [1.54, 1.807) is 6.92 Å². The molecule has 1 aliphatic heterocycles. The van der Waals surface area contributed by atoms with Gasteiger partial charge in [0, 0.05) is 38.3 Å². The highest BCUT2D eigenvalue weighted by Crippen LogP contribution is 2.21. The Labute approximate surface area is 138 Å². The highest BCUT2D eigenvalue weighted by Gasteiger charge is 2.21. The first kappa shape index (κ1) is 15.7. The van der Waals surface area contributed by atoms with E-state index in [4.69, 9.17) is 0 Å². The zero-order valence-electron chi connectivity index (χ0n) is 13.7. The van der Waals surface area contributed by atoms with Crippen LogP contribution in [0, 0.1) is 5.92 Å². The highest BCUT2D eigenvalue weighted by molar-refractivity contribution is 5.73. The first-order valence-electron chi connectivity index (χ1n) is 8.44. The van der Waals surface area contributed by atoms with E-state index in [1.165, 1.54) is 17.5 Å². The normalized spacial score (nSPS) is 18.0. The van der Waals surface area contributed by atoms with Crippen molar-refractivity contribution >= 4 is 5.91 Å². The quantitative estimate of drug-likeness (QED) is 0.866. The van der Waals surface area contributed by atoms with Crippen LogP contribution >= 0.6 is 0 Å². The fraction of sp³-hybridized carbons (Fsp3) is 0.400. The summed E-state index contributed by atoms with van der Waals surface area (Å²) in [6.45, 7) is 3.49. The van der Waals surface area contributed by atoms with E-state index in [2.05, 4.69) is 41.4 Å². The van der Waals surface area contributed by atoms with Gasteiger partial charge < -0.3 is 4.90 Å². The van der Waals surface area contributed by atoms with Crippen molar-refractivity contribution in [2.24, 2.45) is 5.92 Å². The van der Waals surface area contributed by atoms with Crippen LogP contribution in [0.5, 0.6) is 0 Å². The van der Waals surface area contributed by atoms with Crippen LogP contribution < -0.4 is 0 Å². The number of aromatic nitrogens is 1. The Morgan fingerprint density at radius 3 is 2.83 bits per heavy atom. The molecule has 120 valence electrons. The lowest BCUT2D eigenvalue weighted by atomic mass is 9.91. The van der Waals surface area contributed by atoms with Crippen LogP contribution in [0.15, 0.2) is 48.7 Å². The second kappa shape index (κ2) is 7.40. The molecular weight excluding hydrogens is 284 g/mol. The van der Waals surface area contributed by atoms with Gasteiger partial charge in [0.05, 0.1) is 0 Å². The predicted molar refractivity (Wildman–Crippen MR) is 92.2 cm³/mol. The summed E-state index contributed by atoms with van der Waals surface area (Å²) in [6.07, 6.45) is 6.15. The maximum absolute atomic E-state index is 11.6. The summed E-state index contributed by atoms with van der Waals surface area (Å²) < 4.78 is 0. The molecule has 2 heterocycles. The summed E-state index contributed by atoms with van der Waals surface area (Å²) in [5.74, 6) is 0.772. The maximum Gasteiger partial charge on any atom is 0.219 e. The minimum atomic E-state index is 0.203. The molecule has 3 heteroatoms. The number of hydrogen-bond acceptors (Lipinski definition) is 2. The number of amides is 1. The third-order valence-corrected chi connectivity index (χ3v) is 4.60. The van der Waals surface area contributed by atoms with Crippen LogP contribution in [0.25, 0.3) is 0 Å². The Balaban J connectivity index is 1.64. The molecule has 1 fully saturated rings. The first-order valence-corrected chi connectivity index (χ1v) is 8.44. The Bertz CT molecular complexity index is 654. The van der Waals surface area contributed by atoms with E-state index in [1.807, 2.05) is 17.2 Å². The topological polar surface area (TPSA) is 33.2 Å². The van der Waals surface area contributed by atoms with Crippen molar-refractivity contribution in [2.45, 2.75) is 32.6 Å². The molecule has 1 aromatic carbocycles. The van der Waals surface area contributed by atoms with E-state index < -0.39 is 0 Å². The number of nitrogens with zero attached hydrogens (tertiary/aromatic N) is 2. The molecule has 1 saturated heterocycles. The number of hydrogen-bond donors (Lipinski definition) is 0. The van der Waals surface area contributed by atoms with Crippen LogP contribution in [-0.4, -0.2) is 28.9 Å². The molecule has 1 amide bonds. The number of likely N-dealkylation sites (tertiary alicyclic amines) is 1. The van der Waals surface area contributed by atoms with Gasteiger partial charge in [0.15, 0.2) is 0 Å². The summed E-state index contributed by atoms with van der Waals surface area (Å²) >= 11 is 0. The van der Waals surface area contributed by atoms with Crippen LogP contribution in [0.2, 0.25) is 0 Å². The smallest absolute Gasteiger partial charge is 0.219 e. The van der Waals surface area contributed by atoms with Gasteiger partial charge in [-0.05, 0) is 48.4 Å². The molecule has 1 atom stereocenters. The Hall–Kier alpha value is -2.16. The first-order chi connectivity index (χ1) is 11.2. The number of pyridine rings is 1. The monoisotopic (exact) mass is 308 g/mol. The minimum absolute atomic E-state index is 0.203. The molecule has 0 N–H and O–H groups in total. The van der Waals surface area contributed by atoms with E-state index in [-0.39, 0.29) is 5.91 Å². The van der Waals surface area contributed by atoms with Gasteiger partial charge in [-0.3, -0.25) is 9.78 Å². The molecule has 0 bridgehead atoms. The zero-order chi connectivity index (χ0) is 16.1. The van der Waals surface area contributed by atoms with Crippen molar-refractivity contribution in [1.29, 1.82) is 0 Å². The summed E-state index contributed by atoms with van der Waals surface area (Å²) in [5, 5.41) is 0. The van der Waals surface area contributed by atoms with Gasteiger partial charge in [0.1, 0.15) is 0 Å². The number of rotatable bonds is 4. The van der Waals surface area contributed by atoms with Crippen molar-refractivity contribution in [2.75, 3.05) is 13.1 Å². The van der Waals surface area contributed by atoms with E-state index in [0.717, 1.165) is 38.0 Å². The molecule has 0 unspecified atom stereocenters. The summed E-state index contributed by atoms with van der Waals surface area (Å²) in [6, 6.07) is 14.8. The number of benzene rings is 1. The van der Waals surface area contributed by atoms with Gasteiger partial charge in [-0.2, -0.15) is 0 Å². The molecule has 1 aliphatic rings. The lowest BCUT2D eigenvalue weighted by Crippen LogP contribution is -2.39. The standard InChI is InChI=1S/C20H24N2O/c1-16(23)22-11-5-8-19(15-22)12-18-9-10-21-20(14-18)13-17-6-3-2-4-7-17/h2-4,6-7,9-10,14,19H,5,8,11-13,15H2,1H3/t19-/m0/s1. The molecule has 0 saturated carbocycles. The van der Waals surface area contributed by atoms with Gasteiger partial charge in [0.2, 0.25) is 5.91 Å². The molecule has 0 aliphatic carbocycles. The molecule has 0 spiro atoms. The molecule has 3 nitrogen and oxygen atoms in total. The van der Waals surface area contributed by atoms with Crippen molar-refractivity contribution in [3.05, 3.63) is 65.5 Å². The van der Waals surface area contributed by atoms with Crippen molar-refractivity contribution in [3.63, 3.8) is 0 Å². The third-order valence-electron chi connectivity index (χ3n) is 4.60. The van der Waals surface area contributed by atoms with Crippen molar-refractivity contribution in [3.8, 4) is 0 Å². The zero-order valence-corrected chi connectivity index (χ0v) is 13.7. The largest absolute Gasteiger partial charge is 0.343 e. The Kier molecular flexibility index (Phi) is 5.06. The fourth-order valence-corrected chi connectivity index (χ4v) is 3.41. The summed E-state index contributed by atoms with van der Waals surface area (Å²) in [7, 11) is 0. The lowest BCUT2D eigenvalue weighted by molar-refractivity contribution is -0.130. The maximum atomic E-state index is 11.6. The average Bonchev–Trinajstić information content (AvgIpc) is 2.56. The van der Waals surface area contributed by atoms with Crippen LogP contribution in [0.3, 0.4) is 0 Å². The number of carbonyl (C=O) groups excluding carboxylic acids is 1. The van der Waals surface area contributed by atoms with E-state index >= 15 is 0 Å². The van der Waals surface area contributed by atoms with Crippen molar-refractivity contribution in [1.82, 2.24) is 9.88 Å². The second-order valence-corrected chi connectivity index (χ2v) is 6.50. The molecule has 0 radical (unpaired) electrons. The Morgan fingerprint density at radius 2 is 2.04 bits per heavy atom. The minimum Gasteiger partial charge on any atom is -0.343 e. The van der Waals surface area contributed by atoms with Crippen LogP contribution in [0.1, 0.15) is 36.6 Å². The van der Waals surface area contributed by atoms with Crippen molar-refractivity contribution < 1.29 is 4.79 Å². The molecule has 23 heavy (non-hydrogen) atoms. The van der Waals surface area contributed by atoms with Gasteiger partial charge in [-0.25, -0.2) is 0 Å². The lowest BCUT2D eigenvalue weighted by Gasteiger charge is -2.32. The number of carbonyl (C=O) groups is 1. The second-order valence-electron chi connectivity index (χ2n) is 6.50. The molecule has 1 aromatic heterocycles. The van der Waals surface area contributed by atoms with E-state index in [9.17, 15) is 4.79 Å². The average molecular weight is 308 g/mol. The fourth-order valence-electron chi connectivity index (χ4n) is 3.41. The molecular formula is C20H24N2O. The SMILES string of the molecule is CC(=O)N1CCC[C@@H](Cc2ccnc(Cc3ccccc3)c2)C1. The highest BCUT2D eigenvalue weighted by atomic mass is 16.2. The van der Waals surface area contributed by atoms with Crippen LogP contribution in [0.4, 0.5) is 0 Å². The predicted octanol–water partition coefficient (Wildman–Crippen LogP) is 3.47. The third kappa shape index (κ3) is 4.41. The van der Waals surface area contributed by atoms with Crippen LogP contribution in [-0.2, 0) is 17.6 Å².